The molecular formula is C22H21N3O2S. The van der Waals surface area contributed by atoms with Gasteiger partial charge in [-0.05, 0) is 42.3 Å². The second-order valence-electron chi connectivity index (χ2n) is 6.01. The number of anilines is 1. The molecule has 0 fully saturated rings. The number of carbonyl (C=O) groups is 2. The maximum Gasteiger partial charge on any atom is 0.254 e. The number of hydrogen-bond acceptors (Lipinski definition) is 4. The summed E-state index contributed by atoms with van der Waals surface area (Å²) in [6.45, 7) is 1.92. The lowest BCUT2D eigenvalue weighted by atomic mass is 10.1. The van der Waals surface area contributed by atoms with E-state index in [1.54, 1.807) is 18.3 Å². The van der Waals surface area contributed by atoms with E-state index in [9.17, 15) is 9.59 Å². The van der Waals surface area contributed by atoms with Gasteiger partial charge in [0, 0.05) is 16.8 Å². The summed E-state index contributed by atoms with van der Waals surface area (Å²) in [6, 6.07) is 20.8. The Morgan fingerprint density at radius 3 is 2.50 bits per heavy atom. The number of aryl methyl sites for hydroxylation is 1. The van der Waals surface area contributed by atoms with Crippen molar-refractivity contribution in [2.24, 2.45) is 0 Å². The summed E-state index contributed by atoms with van der Waals surface area (Å²) < 4.78 is 0. The molecule has 3 rings (SSSR count). The van der Waals surface area contributed by atoms with Crippen LogP contribution in [0.2, 0.25) is 0 Å². The molecule has 2 aromatic carbocycles. The lowest BCUT2D eigenvalue weighted by molar-refractivity contribution is -0.115. The first kappa shape index (κ1) is 19.6. The Balaban J connectivity index is 1.63. The number of pyridine rings is 1. The molecule has 0 unspecified atom stereocenters. The van der Waals surface area contributed by atoms with Gasteiger partial charge in [-0.3, -0.25) is 9.59 Å². The van der Waals surface area contributed by atoms with Gasteiger partial charge in [0.25, 0.3) is 5.91 Å². The molecule has 0 radical (unpaired) electrons. The second kappa shape index (κ2) is 9.71. The van der Waals surface area contributed by atoms with Gasteiger partial charge in [-0.25, -0.2) is 4.98 Å². The molecule has 1 aromatic heterocycles. The Labute approximate surface area is 168 Å². The third kappa shape index (κ3) is 5.20. The van der Waals surface area contributed by atoms with E-state index in [-0.39, 0.29) is 18.4 Å². The zero-order chi connectivity index (χ0) is 19.8. The molecule has 0 saturated carbocycles. The average molecular weight is 391 g/mol. The van der Waals surface area contributed by atoms with E-state index in [1.165, 1.54) is 11.8 Å². The van der Waals surface area contributed by atoms with Crippen LogP contribution >= 0.6 is 11.8 Å². The van der Waals surface area contributed by atoms with Crippen molar-refractivity contribution in [3.05, 3.63) is 84.1 Å². The van der Waals surface area contributed by atoms with E-state index in [1.807, 2.05) is 61.5 Å². The molecule has 1 heterocycles. The van der Waals surface area contributed by atoms with Gasteiger partial charge in [0.2, 0.25) is 5.91 Å². The molecule has 0 atom stereocenters. The highest BCUT2D eigenvalue weighted by atomic mass is 32.2. The predicted molar refractivity (Wildman–Crippen MR) is 112 cm³/mol. The highest BCUT2D eigenvalue weighted by molar-refractivity contribution is 7.99. The topological polar surface area (TPSA) is 71.1 Å². The summed E-state index contributed by atoms with van der Waals surface area (Å²) in [4.78, 5) is 30.1. The van der Waals surface area contributed by atoms with Crippen LogP contribution in [0.25, 0.3) is 0 Å². The summed E-state index contributed by atoms with van der Waals surface area (Å²) in [5.41, 5.74) is 2.26. The number of amides is 2. The summed E-state index contributed by atoms with van der Waals surface area (Å²) in [5, 5.41) is 6.13. The average Bonchev–Trinajstić information content (AvgIpc) is 2.73. The molecule has 0 spiro atoms. The zero-order valence-corrected chi connectivity index (χ0v) is 16.3. The first-order chi connectivity index (χ1) is 13.7. The summed E-state index contributed by atoms with van der Waals surface area (Å²) in [6.07, 6.45) is 2.47. The number of benzene rings is 2. The Bertz CT molecular complexity index is 961. The third-order valence-electron chi connectivity index (χ3n) is 4.06. The number of rotatable bonds is 7. The number of para-hydroxylation sites is 1. The monoisotopic (exact) mass is 391 g/mol. The van der Waals surface area contributed by atoms with Crippen molar-refractivity contribution in [2.45, 2.75) is 23.3 Å². The number of nitrogens with one attached hydrogen (secondary N) is 2. The van der Waals surface area contributed by atoms with Gasteiger partial charge in [-0.15, -0.1) is 0 Å². The van der Waals surface area contributed by atoms with E-state index in [0.717, 1.165) is 22.6 Å². The standard InChI is InChI=1S/C22H21N3O2S/c1-2-16-9-6-7-13-19(16)25-20(26)15-24-21(27)18-12-8-14-23-22(18)28-17-10-4-3-5-11-17/h3-14H,2,15H2,1H3,(H,24,27)(H,25,26). The first-order valence-corrected chi connectivity index (χ1v) is 9.83. The van der Waals surface area contributed by atoms with Crippen LogP contribution in [-0.2, 0) is 11.2 Å². The molecule has 2 amide bonds. The van der Waals surface area contributed by atoms with Gasteiger partial charge in [0.05, 0.1) is 12.1 Å². The molecule has 0 aliphatic carbocycles. The summed E-state index contributed by atoms with van der Waals surface area (Å²) in [5.74, 6) is -0.596. The van der Waals surface area contributed by atoms with Crippen molar-refractivity contribution in [3.63, 3.8) is 0 Å². The number of nitrogens with zero attached hydrogens (tertiary/aromatic N) is 1. The minimum atomic E-state index is -0.328. The summed E-state index contributed by atoms with van der Waals surface area (Å²) in [7, 11) is 0. The Morgan fingerprint density at radius 1 is 0.964 bits per heavy atom. The van der Waals surface area contributed by atoms with E-state index in [2.05, 4.69) is 15.6 Å². The van der Waals surface area contributed by atoms with E-state index in [0.29, 0.717) is 10.6 Å². The molecule has 6 heteroatoms. The molecular weight excluding hydrogens is 370 g/mol. The van der Waals surface area contributed by atoms with Crippen LogP contribution in [0.4, 0.5) is 5.69 Å². The highest BCUT2D eigenvalue weighted by Gasteiger charge is 2.15. The lowest BCUT2D eigenvalue weighted by Gasteiger charge is -2.11. The van der Waals surface area contributed by atoms with Gasteiger partial charge < -0.3 is 10.6 Å². The molecule has 3 aromatic rings. The van der Waals surface area contributed by atoms with Crippen molar-refractivity contribution in [2.75, 3.05) is 11.9 Å². The fraction of sp³-hybridized carbons (Fsp3) is 0.136. The number of carbonyl (C=O) groups excluding carboxylic acids is 2. The minimum Gasteiger partial charge on any atom is -0.343 e. The van der Waals surface area contributed by atoms with Crippen molar-refractivity contribution in [1.29, 1.82) is 0 Å². The van der Waals surface area contributed by atoms with Crippen molar-refractivity contribution >= 4 is 29.3 Å². The lowest BCUT2D eigenvalue weighted by Crippen LogP contribution is -2.33. The van der Waals surface area contributed by atoms with Gasteiger partial charge in [0.15, 0.2) is 0 Å². The van der Waals surface area contributed by atoms with Crippen LogP contribution in [0.3, 0.4) is 0 Å². The zero-order valence-electron chi connectivity index (χ0n) is 15.5. The van der Waals surface area contributed by atoms with E-state index >= 15 is 0 Å². The van der Waals surface area contributed by atoms with Crippen LogP contribution < -0.4 is 10.6 Å². The minimum absolute atomic E-state index is 0.110. The first-order valence-electron chi connectivity index (χ1n) is 9.01. The maximum absolute atomic E-state index is 12.6. The smallest absolute Gasteiger partial charge is 0.254 e. The maximum atomic E-state index is 12.6. The van der Waals surface area contributed by atoms with Crippen LogP contribution in [0, 0.1) is 0 Å². The molecule has 0 aliphatic heterocycles. The van der Waals surface area contributed by atoms with Crippen LogP contribution in [0.15, 0.2) is 82.8 Å². The SMILES string of the molecule is CCc1ccccc1NC(=O)CNC(=O)c1cccnc1Sc1ccccc1. The van der Waals surface area contributed by atoms with Gasteiger partial charge in [0.1, 0.15) is 5.03 Å². The fourth-order valence-electron chi connectivity index (χ4n) is 2.65. The van der Waals surface area contributed by atoms with Crippen molar-refractivity contribution < 1.29 is 9.59 Å². The van der Waals surface area contributed by atoms with Crippen molar-refractivity contribution in [3.8, 4) is 0 Å². The molecule has 0 bridgehead atoms. The largest absolute Gasteiger partial charge is 0.343 e. The van der Waals surface area contributed by atoms with Crippen LogP contribution in [0.1, 0.15) is 22.8 Å². The molecule has 0 saturated heterocycles. The molecule has 0 aliphatic rings. The highest BCUT2D eigenvalue weighted by Crippen LogP contribution is 2.28. The van der Waals surface area contributed by atoms with Gasteiger partial charge in [-0.2, -0.15) is 0 Å². The van der Waals surface area contributed by atoms with E-state index in [4.69, 9.17) is 0 Å². The Hall–Kier alpha value is -3.12. The molecule has 28 heavy (non-hydrogen) atoms. The summed E-state index contributed by atoms with van der Waals surface area (Å²) >= 11 is 1.41. The van der Waals surface area contributed by atoms with Gasteiger partial charge >= 0.3 is 0 Å². The molecule has 142 valence electrons. The van der Waals surface area contributed by atoms with Crippen LogP contribution in [0.5, 0.6) is 0 Å². The van der Waals surface area contributed by atoms with Crippen molar-refractivity contribution in [1.82, 2.24) is 10.3 Å². The van der Waals surface area contributed by atoms with E-state index < -0.39 is 0 Å². The number of hydrogen-bond donors (Lipinski definition) is 2. The predicted octanol–water partition coefficient (Wildman–Crippen LogP) is 4.16. The fourth-order valence-corrected chi connectivity index (χ4v) is 3.55. The Morgan fingerprint density at radius 2 is 1.71 bits per heavy atom. The second-order valence-corrected chi connectivity index (χ2v) is 7.08. The number of aromatic nitrogens is 1. The third-order valence-corrected chi connectivity index (χ3v) is 5.08. The quantitative estimate of drug-likeness (QED) is 0.634. The Kier molecular flexibility index (Phi) is 6.81. The van der Waals surface area contributed by atoms with Crippen LogP contribution in [-0.4, -0.2) is 23.3 Å². The van der Waals surface area contributed by atoms with Gasteiger partial charge in [-0.1, -0.05) is 55.1 Å². The normalized spacial score (nSPS) is 10.3. The molecule has 2 N–H and O–H groups in total. The molecule has 5 nitrogen and oxygen atoms in total.